The van der Waals surface area contributed by atoms with E-state index in [-0.39, 0.29) is 17.8 Å². The molecule has 0 radical (unpaired) electrons. The monoisotopic (exact) mass is 362 g/mol. The van der Waals surface area contributed by atoms with Gasteiger partial charge in [0.2, 0.25) is 0 Å². The highest BCUT2D eigenvalue weighted by Crippen LogP contribution is 2.49. The van der Waals surface area contributed by atoms with Crippen molar-refractivity contribution in [1.82, 2.24) is 0 Å². The topological polar surface area (TPSA) is 56.5 Å². The summed E-state index contributed by atoms with van der Waals surface area (Å²) < 4.78 is 11.2. The van der Waals surface area contributed by atoms with Crippen molar-refractivity contribution in [2.45, 2.75) is 38.2 Å². The molecule has 0 saturated heterocycles. The summed E-state index contributed by atoms with van der Waals surface area (Å²) in [5, 5.41) is 3.21. The molecule has 0 N–H and O–H groups in total. The summed E-state index contributed by atoms with van der Waals surface area (Å²) in [6.07, 6.45) is 4.25. The number of ether oxygens (including phenoxy) is 1. The summed E-state index contributed by atoms with van der Waals surface area (Å²) in [5.41, 5.74) is 2.85. The van der Waals surface area contributed by atoms with Gasteiger partial charge in [-0.2, -0.15) is 0 Å². The minimum absolute atomic E-state index is 0.0585. The summed E-state index contributed by atoms with van der Waals surface area (Å²) in [6, 6.07) is 10.2. The van der Waals surface area contributed by atoms with E-state index in [0.29, 0.717) is 37.4 Å². The van der Waals surface area contributed by atoms with E-state index in [2.05, 4.69) is 18.2 Å². The number of furan rings is 1. The normalized spacial score (nSPS) is 25.4. The van der Waals surface area contributed by atoms with Gasteiger partial charge >= 0.3 is 0 Å². The molecule has 0 amide bonds. The first-order valence-corrected chi connectivity index (χ1v) is 9.63. The van der Waals surface area contributed by atoms with Crippen LogP contribution >= 0.6 is 0 Å². The zero-order chi connectivity index (χ0) is 18.5. The predicted molar refractivity (Wildman–Crippen MR) is 103 cm³/mol. The third-order valence-corrected chi connectivity index (χ3v) is 6.22. The molecule has 4 nitrogen and oxygen atoms in total. The lowest BCUT2D eigenvalue weighted by Gasteiger charge is -2.18. The van der Waals surface area contributed by atoms with Gasteiger partial charge < -0.3 is 9.15 Å². The Labute approximate surface area is 157 Å². The van der Waals surface area contributed by atoms with E-state index in [1.165, 1.54) is 0 Å². The Kier molecular flexibility index (Phi) is 3.90. The maximum absolute atomic E-state index is 13.1. The molecule has 138 valence electrons. The average molecular weight is 362 g/mol. The second kappa shape index (κ2) is 6.31. The highest BCUT2D eigenvalue weighted by Gasteiger charge is 2.48. The van der Waals surface area contributed by atoms with E-state index in [4.69, 9.17) is 9.15 Å². The molecule has 5 rings (SSSR count). The zero-order valence-electron chi connectivity index (χ0n) is 15.4. The summed E-state index contributed by atoms with van der Waals surface area (Å²) >= 11 is 0. The van der Waals surface area contributed by atoms with Crippen LogP contribution in [-0.4, -0.2) is 18.7 Å². The first kappa shape index (κ1) is 16.7. The van der Waals surface area contributed by atoms with Gasteiger partial charge in [-0.15, -0.1) is 0 Å². The van der Waals surface area contributed by atoms with Crippen LogP contribution < -0.4 is 0 Å². The lowest BCUT2D eigenvalue weighted by atomic mass is 9.83. The largest absolute Gasteiger partial charge is 0.464 e. The average Bonchev–Trinajstić information content (AvgIpc) is 3.28. The molecule has 1 heterocycles. The molecule has 4 heteroatoms. The van der Waals surface area contributed by atoms with Gasteiger partial charge in [0.15, 0.2) is 0 Å². The molecule has 0 aliphatic heterocycles. The molecule has 27 heavy (non-hydrogen) atoms. The van der Waals surface area contributed by atoms with Crippen molar-refractivity contribution < 1.29 is 18.7 Å². The maximum atomic E-state index is 13.1. The Morgan fingerprint density at radius 2 is 2.04 bits per heavy atom. The third-order valence-electron chi connectivity index (χ3n) is 6.22. The van der Waals surface area contributed by atoms with Crippen LogP contribution in [0.5, 0.6) is 0 Å². The molecule has 0 bridgehead atoms. The van der Waals surface area contributed by atoms with Crippen LogP contribution in [0.4, 0.5) is 0 Å². The van der Waals surface area contributed by atoms with E-state index < -0.39 is 0 Å². The zero-order valence-corrected chi connectivity index (χ0v) is 15.4. The molecule has 2 aromatic carbocycles. The lowest BCUT2D eigenvalue weighted by Crippen LogP contribution is -2.20. The minimum Gasteiger partial charge on any atom is -0.464 e. The smallest absolute Gasteiger partial charge is 0.143 e. The van der Waals surface area contributed by atoms with E-state index in [1.807, 2.05) is 12.1 Å². The van der Waals surface area contributed by atoms with Crippen LogP contribution in [0, 0.1) is 11.8 Å². The SMILES string of the molecule is COCc1cccc2c1ccc1occ(C3CCC(=O)C[C@H]4CC4C3=O)c12. The number of ketones is 2. The van der Waals surface area contributed by atoms with Gasteiger partial charge in [-0.25, -0.2) is 0 Å². The van der Waals surface area contributed by atoms with Gasteiger partial charge in [-0.1, -0.05) is 24.3 Å². The number of carbonyl (C=O) groups is 2. The fourth-order valence-electron chi connectivity index (χ4n) is 4.75. The van der Waals surface area contributed by atoms with E-state index in [1.54, 1.807) is 13.4 Å². The molecule has 3 atom stereocenters. The number of Topliss-reactive ketones (excluding diaryl/α,β-unsaturated/α-hetero) is 2. The van der Waals surface area contributed by atoms with Crippen molar-refractivity contribution in [3.05, 3.63) is 47.7 Å². The van der Waals surface area contributed by atoms with Gasteiger partial charge in [0.1, 0.15) is 17.1 Å². The Morgan fingerprint density at radius 3 is 2.89 bits per heavy atom. The molecule has 2 aliphatic carbocycles. The first-order valence-electron chi connectivity index (χ1n) is 9.63. The van der Waals surface area contributed by atoms with E-state index >= 15 is 0 Å². The number of hydrogen-bond acceptors (Lipinski definition) is 4. The van der Waals surface area contributed by atoms with Crippen molar-refractivity contribution in [2.24, 2.45) is 11.8 Å². The van der Waals surface area contributed by atoms with Gasteiger partial charge in [-0.3, -0.25) is 9.59 Å². The first-order chi connectivity index (χ1) is 13.2. The molecule has 0 spiro atoms. The molecule has 2 saturated carbocycles. The molecular formula is C23H22O4. The Balaban J connectivity index is 1.67. The standard InChI is InChI=1S/C23H22O4/c1-26-11-13-3-2-4-17-16(13)7-8-21-22(17)20(12-27-21)18-6-5-15(24)9-14-10-19(14)23(18)25/h2-4,7-8,12,14,18-19H,5-6,9-11H2,1H3/t14-,18?,19?/m0/s1. The highest BCUT2D eigenvalue weighted by atomic mass is 16.5. The summed E-state index contributed by atoms with van der Waals surface area (Å²) in [5.74, 6) is 0.668. The van der Waals surface area contributed by atoms with Crippen molar-refractivity contribution in [3.8, 4) is 0 Å². The van der Waals surface area contributed by atoms with E-state index in [9.17, 15) is 9.59 Å². The number of rotatable bonds is 3. The van der Waals surface area contributed by atoms with E-state index in [0.717, 1.165) is 39.3 Å². The summed E-state index contributed by atoms with van der Waals surface area (Å²) in [6.45, 7) is 0.538. The Hall–Kier alpha value is -2.46. The maximum Gasteiger partial charge on any atom is 0.143 e. The van der Waals surface area contributed by atoms with Crippen LogP contribution in [0.15, 0.2) is 41.0 Å². The van der Waals surface area contributed by atoms with Crippen LogP contribution in [0.3, 0.4) is 0 Å². The van der Waals surface area contributed by atoms with Crippen LogP contribution in [-0.2, 0) is 20.9 Å². The molecule has 2 aliphatic rings. The number of hydrogen-bond donors (Lipinski definition) is 0. The van der Waals surface area contributed by atoms with Crippen LogP contribution in [0.1, 0.15) is 42.7 Å². The number of carbonyl (C=O) groups excluding carboxylic acids is 2. The second-order valence-electron chi connectivity index (χ2n) is 7.91. The predicted octanol–water partition coefficient (Wildman–Crippen LogP) is 4.77. The van der Waals surface area contributed by atoms with Gasteiger partial charge in [-0.05, 0) is 41.2 Å². The molecule has 3 aromatic rings. The minimum atomic E-state index is -0.248. The Bertz CT molecular complexity index is 1060. The van der Waals surface area contributed by atoms with Crippen LogP contribution in [0.2, 0.25) is 0 Å². The van der Waals surface area contributed by atoms with Crippen molar-refractivity contribution >= 4 is 33.3 Å². The number of fused-ring (bicyclic) bond motifs is 4. The quantitative estimate of drug-likeness (QED) is 0.673. The van der Waals surface area contributed by atoms with Crippen LogP contribution in [0.25, 0.3) is 21.7 Å². The third kappa shape index (κ3) is 2.71. The van der Waals surface area contributed by atoms with Crippen molar-refractivity contribution in [1.29, 1.82) is 0 Å². The summed E-state index contributed by atoms with van der Waals surface area (Å²) in [4.78, 5) is 25.3. The summed E-state index contributed by atoms with van der Waals surface area (Å²) in [7, 11) is 1.69. The Morgan fingerprint density at radius 1 is 1.15 bits per heavy atom. The second-order valence-corrected chi connectivity index (χ2v) is 7.91. The van der Waals surface area contributed by atoms with Gasteiger partial charge in [0, 0.05) is 42.7 Å². The highest BCUT2D eigenvalue weighted by molar-refractivity contribution is 6.10. The van der Waals surface area contributed by atoms with Crippen molar-refractivity contribution in [3.63, 3.8) is 0 Å². The molecule has 1 aromatic heterocycles. The number of methoxy groups -OCH3 is 1. The fraction of sp³-hybridized carbons (Fsp3) is 0.391. The number of benzene rings is 2. The fourth-order valence-corrected chi connectivity index (χ4v) is 4.75. The molecule has 2 fully saturated rings. The molecular weight excluding hydrogens is 340 g/mol. The van der Waals surface area contributed by atoms with Crippen molar-refractivity contribution in [2.75, 3.05) is 7.11 Å². The molecule has 2 unspecified atom stereocenters. The van der Waals surface area contributed by atoms with Gasteiger partial charge in [0.05, 0.1) is 12.9 Å². The van der Waals surface area contributed by atoms with Gasteiger partial charge in [0.25, 0.3) is 0 Å². The lowest BCUT2D eigenvalue weighted by molar-refractivity contribution is -0.124.